The summed E-state index contributed by atoms with van der Waals surface area (Å²) in [4.78, 5) is 29.7. The van der Waals surface area contributed by atoms with Crippen LogP contribution >= 0.6 is 0 Å². The third-order valence-electron chi connectivity index (χ3n) is 8.21. The second-order valence-electron chi connectivity index (χ2n) is 11.3. The number of nitrogens with one attached hydrogen (secondary N) is 1. The molecule has 0 aliphatic heterocycles. The van der Waals surface area contributed by atoms with Crippen molar-refractivity contribution in [2.24, 2.45) is 0 Å². The van der Waals surface area contributed by atoms with Crippen LogP contribution in [0, 0.1) is 20.8 Å². The highest BCUT2D eigenvalue weighted by atomic mass is 32.2. The topological polar surface area (TPSA) is 86.8 Å². The van der Waals surface area contributed by atoms with E-state index in [0.29, 0.717) is 12.1 Å². The molecule has 1 atom stereocenters. The van der Waals surface area contributed by atoms with Crippen molar-refractivity contribution in [2.45, 2.75) is 89.7 Å². The van der Waals surface area contributed by atoms with Crippen molar-refractivity contribution in [3.05, 3.63) is 95.1 Å². The summed E-state index contributed by atoms with van der Waals surface area (Å²) in [6.45, 7) is 7.36. The summed E-state index contributed by atoms with van der Waals surface area (Å²) in [6.07, 6.45) is 5.61. The Balaban J connectivity index is 1.72. The molecule has 1 aliphatic carbocycles. The summed E-state index contributed by atoms with van der Waals surface area (Å²) in [7, 11) is -4.09. The van der Waals surface area contributed by atoms with E-state index in [4.69, 9.17) is 0 Å². The van der Waals surface area contributed by atoms with Crippen LogP contribution in [0.25, 0.3) is 0 Å². The number of carbonyl (C=O) groups excluding carboxylic acids is 2. The highest BCUT2D eigenvalue weighted by molar-refractivity contribution is 7.92. The van der Waals surface area contributed by atoms with Crippen LogP contribution in [-0.2, 0) is 26.2 Å². The minimum Gasteiger partial charge on any atom is -0.352 e. The molecular formula is C34H43N3O4S. The predicted molar refractivity (Wildman–Crippen MR) is 168 cm³/mol. The summed E-state index contributed by atoms with van der Waals surface area (Å²) in [6, 6.07) is 20.9. The maximum atomic E-state index is 14.3. The third kappa shape index (κ3) is 7.40. The van der Waals surface area contributed by atoms with Gasteiger partial charge in [0.2, 0.25) is 11.8 Å². The van der Waals surface area contributed by atoms with Gasteiger partial charge in [0.1, 0.15) is 12.6 Å². The number of para-hydroxylation sites is 1. The fourth-order valence-electron chi connectivity index (χ4n) is 5.63. The van der Waals surface area contributed by atoms with Gasteiger partial charge >= 0.3 is 0 Å². The lowest BCUT2D eigenvalue weighted by Gasteiger charge is -2.35. The standard InChI is InChI=1S/C34H43N3O4S/c1-5-31(34(39)35-29-16-7-6-8-17-29)36(23-28-15-11-9-13-26(28)3)33(38)24-37(32-18-12-10-14-27(32)4)42(40,41)30-21-19-25(2)20-22-30/h9-15,18-22,29,31H,5-8,16-17,23-24H2,1-4H3,(H,35,39)/t31-/m1/s1. The zero-order valence-electron chi connectivity index (χ0n) is 25.2. The molecule has 0 spiro atoms. The van der Waals surface area contributed by atoms with E-state index < -0.39 is 28.5 Å². The van der Waals surface area contributed by atoms with Crippen LogP contribution in [0.15, 0.2) is 77.7 Å². The average molecular weight is 590 g/mol. The normalized spacial score (nSPS) is 14.7. The lowest BCUT2D eigenvalue weighted by Crippen LogP contribution is -2.54. The molecule has 1 aliphatic rings. The van der Waals surface area contributed by atoms with E-state index in [-0.39, 0.29) is 23.4 Å². The van der Waals surface area contributed by atoms with Crippen LogP contribution in [0.1, 0.15) is 67.7 Å². The van der Waals surface area contributed by atoms with Crippen molar-refractivity contribution in [1.82, 2.24) is 10.2 Å². The van der Waals surface area contributed by atoms with Crippen LogP contribution in [0.5, 0.6) is 0 Å². The molecule has 42 heavy (non-hydrogen) atoms. The number of hydrogen-bond donors (Lipinski definition) is 1. The van der Waals surface area contributed by atoms with Gasteiger partial charge in [-0.1, -0.05) is 86.3 Å². The molecule has 8 heteroatoms. The van der Waals surface area contributed by atoms with Gasteiger partial charge in [-0.05, 0) is 74.9 Å². The lowest BCUT2D eigenvalue weighted by molar-refractivity contribution is -0.140. The lowest BCUT2D eigenvalue weighted by atomic mass is 9.95. The fourth-order valence-corrected chi connectivity index (χ4v) is 7.11. The van der Waals surface area contributed by atoms with Gasteiger partial charge in [0.25, 0.3) is 10.0 Å². The quantitative estimate of drug-likeness (QED) is 0.294. The molecule has 3 aromatic rings. The Morgan fingerprint density at radius 2 is 1.48 bits per heavy atom. The van der Waals surface area contributed by atoms with E-state index in [2.05, 4.69) is 5.32 Å². The number of benzene rings is 3. The van der Waals surface area contributed by atoms with Crippen LogP contribution in [0.4, 0.5) is 5.69 Å². The summed E-state index contributed by atoms with van der Waals surface area (Å²) in [5.41, 5.74) is 4.02. The third-order valence-corrected chi connectivity index (χ3v) is 9.99. The highest BCUT2D eigenvalue weighted by Crippen LogP contribution is 2.28. The molecule has 0 bridgehead atoms. The van der Waals surface area contributed by atoms with Crippen molar-refractivity contribution in [3.63, 3.8) is 0 Å². The average Bonchev–Trinajstić information content (AvgIpc) is 2.98. The molecule has 0 aromatic heterocycles. The van der Waals surface area contributed by atoms with Crippen LogP contribution in [-0.4, -0.2) is 43.8 Å². The van der Waals surface area contributed by atoms with Gasteiger partial charge in [0.05, 0.1) is 10.6 Å². The SMILES string of the molecule is CC[C@H](C(=O)NC1CCCCC1)N(Cc1ccccc1C)C(=O)CN(c1ccccc1C)S(=O)(=O)c1ccc(C)cc1. The summed E-state index contributed by atoms with van der Waals surface area (Å²) in [5, 5.41) is 3.20. The Labute approximate surface area is 251 Å². The molecule has 7 nitrogen and oxygen atoms in total. The van der Waals surface area contributed by atoms with Crippen LogP contribution in [0.2, 0.25) is 0 Å². The molecule has 1 saturated carbocycles. The molecule has 1 N–H and O–H groups in total. The van der Waals surface area contributed by atoms with Crippen LogP contribution < -0.4 is 9.62 Å². The molecule has 2 amide bonds. The van der Waals surface area contributed by atoms with Crippen molar-refractivity contribution in [1.29, 1.82) is 0 Å². The summed E-state index contributed by atoms with van der Waals surface area (Å²) in [5.74, 6) is -0.613. The predicted octanol–water partition coefficient (Wildman–Crippen LogP) is 6.06. The Hall–Kier alpha value is -3.65. The monoisotopic (exact) mass is 589 g/mol. The number of rotatable bonds is 11. The molecule has 0 unspecified atom stereocenters. The van der Waals surface area contributed by atoms with Gasteiger partial charge in [-0.2, -0.15) is 0 Å². The Morgan fingerprint density at radius 1 is 0.857 bits per heavy atom. The van der Waals surface area contributed by atoms with E-state index >= 15 is 0 Å². The molecule has 3 aromatic carbocycles. The van der Waals surface area contributed by atoms with Gasteiger partial charge in [-0.3, -0.25) is 13.9 Å². The molecule has 0 saturated heterocycles. The van der Waals surface area contributed by atoms with Gasteiger partial charge < -0.3 is 10.2 Å². The minimum atomic E-state index is -4.09. The van der Waals surface area contributed by atoms with E-state index in [1.807, 2.05) is 64.1 Å². The molecular weight excluding hydrogens is 546 g/mol. The molecule has 4 rings (SSSR count). The fraction of sp³-hybridized carbons (Fsp3) is 0.412. The Kier molecular flexibility index (Phi) is 10.4. The first-order valence-corrected chi connectivity index (χ1v) is 16.3. The largest absolute Gasteiger partial charge is 0.352 e. The maximum absolute atomic E-state index is 14.3. The van der Waals surface area contributed by atoms with Crippen molar-refractivity contribution in [3.8, 4) is 0 Å². The number of aryl methyl sites for hydroxylation is 3. The Bertz CT molecular complexity index is 1480. The zero-order valence-corrected chi connectivity index (χ0v) is 26.0. The minimum absolute atomic E-state index is 0.0982. The smallest absolute Gasteiger partial charge is 0.264 e. The second-order valence-corrected chi connectivity index (χ2v) is 13.2. The summed E-state index contributed by atoms with van der Waals surface area (Å²) >= 11 is 0. The number of anilines is 1. The van der Waals surface area contributed by atoms with Gasteiger partial charge in [0.15, 0.2) is 0 Å². The van der Waals surface area contributed by atoms with Crippen molar-refractivity contribution in [2.75, 3.05) is 10.8 Å². The maximum Gasteiger partial charge on any atom is 0.264 e. The van der Waals surface area contributed by atoms with E-state index in [0.717, 1.165) is 47.9 Å². The van der Waals surface area contributed by atoms with Crippen molar-refractivity contribution >= 4 is 27.5 Å². The summed E-state index contributed by atoms with van der Waals surface area (Å²) < 4.78 is 29.3. The first-order valence-electron chi connectivity index (χ1n) is 14.9. The van der Waals surface area contributed by atoms with E-state index in [1.54, 1.807) is 41.3 Å². The second kappa shape index (κ2) is 14.0. The van der Waals surface area contributed by atoms with Gasteiger partial charge in [0, 0.05) is 12.6 Å². The van der Waals surface area contributed by atoms with E-state index in [9.17, 15) is 18.0 Å². The number of sulfonamides is 1. The van der Waals surface area contributed by atoms with Gasteiger partial charge in [-0.15, -0.1) is 0 Å². The number of hydrogen-bond acceptors (Lipinski definition) is 4. The van der Waals surface area contributed by atoms with Gasteiger partial charge in [-0.25, -0.2) is 8.42 Å². The molecule has 224 valence electrons. The number of nitrogens with zero attached hydrogens (tertiary/aromatic N) is 2. The van der Waals surface area contributed by atoms with Crippen molar-refractivity contribution < 1.29 is 18.0 Å². The molecule has 1 fully saturated rings. The first kappa shape index (κ1) is 31.3. The zero-order chi connectivity index (χ0) is 30.3. The van der Waals surface area contributed by atoms with Crippen LogP contribution in [0.3, 0.4) is 0 Å². The van der Waals surface area contributed by atoms with E-state index in [1.165, 1.54) is 10.7 Å². The number of amides is 2. The molecule has 0 heterocycles. The first-order chi connectivity index (χ1) is 20.1. The highest BCUT2D eigenvalue weighted by Gasteiger charge is 2.35. The Morgan fingerprint density at radius 3 is 2.10 bits per heavy atom. The molecule has 0 radical (unpaired) electrons. The number of carbonyl (C=O) groups is 2.